The molecule has 5 rings (SSSR count). The first-order valence-electron chi connectivity index (χ1n) is 9.56. The maximum atomic E-state index is 11.6. The second-order valence-electron chi connectivity index (χ2n) is 7.84. The molecular formula is C23H23NO3. The van der Waals surface area contributed by atoms with Crippen LogP contribution in [0.15, 0.2) is 42.5 Å². The third kappa shape index (κ3) is 2.67. The molecule has 27 heavy (non-hydrogen) atoms. The number of hydrogen-bond acceptors (Lipinski definition) is 4. The van der Waals surface area contributed by atoms with Gasteiger partial charge in [-0.05, 0) is 47.7 Å². The van der Waals surface area contributed by atoms with Gasteiger partial charge in [-0.2, -0.15) is 0 Å². The average Bonchev–Trinajstić information content (AvgIpc) is 2.63. The summed E-state index contributed by atoms with van der Waals surface area (Å²) in [7, 11) is 0. The van der Waals surface area contributed by atoms with Crippen molar-refractivity contribution in [3.05, 3.63) is 53.6 Å². The van der Waals surface area contributed by atoms with E-state index in [2.05, 4.69) is 54.7 Å². The van der Waals surface area contributed by atoms with Crippen LogP contribution in [-0.2, 0) is 14.3 Å². The van der Waals surface area contributed by atoms with E-state index in [1.807, 2.05) is 6.92 Å². The first-order valence-corrected chi connectivity index (χ1v) is 9.56. The van der Waals surface area contributed by atoms with E-state index in [4.69, 9.17) is 9.47 Å². The van der Waals surface area contributed by atoms with E-state index in [-0.39, 0.29) is 30.3 Å². The summed E-state index contributed by atoms with van der Waals surface area (Å²) in [6.07, 6.45) is 0.379. The molecule has 0 amide bonds. The molecule has 3 aromatic carbocycles. The first-order chi connectivity index (χ1) is 13.0. The van der Waals surface area contributed by atoms with E-state index in [0.29, 0.717) is 0 Å². The van der Waals surface area contributed by atoms with E-state index >= 15 is 0 Å². The van der Waals surface area contributed by atoms with Crippen LogP contribution in [0.4, 0.5) is 5.69 Å². The summed E-state index contributed by atoms with van der Waals surface area (Å²) < 4.78 is 11.7. The van der Waals surface area contributed by atoms with Crippen molar-refractivity contribution in [1.29, 1.82) is 0 Å². The Labute approximate surface area is 158 Å². The molecule has 1 N–H and O–H groups in total. The Morgan fingerprint density at radius 2 is 1.93 bits per heavy atom. The molecule has 4 atom stereocenters. The van der Waals surface area contributed by atoms with Crippen molar-refractivity contribution in [2.24, 2.45) is 0 Å². The predicted molar refractivity (Wildman–Crippen MR) is 107 cm³/mol. The number of carbonyl (C=O) groups excluding carboxylic acids is 1. The number of anilines is 1. The Kier molecular flexibility index (Phi) is 3.66. The van der Waals surface area contributed by atoms with Crippen LogP contribution >= 0.6 is 0 Å². The normalized spacial score (nSPS) is 26.5. The molecule has 0 spiro atoms. The third-order valence-electron chi connectivity index (χ3n) is 5.88. The van der Waals surface area contributed by atoms with E-state index in [0.717, 1.165) is 12.1 Å². The summed E-state index contributed by atoms with van der Waals surface area (Å²) in [5.41, 5.74) is 3.58. The number of nitrogens with one attached hydrogen (secondary N) is 1. The average molecular weight is 361 g/mol. The fourth-order valence-electron chi connectivity index (χ4n) is 4.69. The Bertz CT molecular complexity index is 1070. The molecule has 1 fully saturated rings. The highest BCUT2D eigenvalue weighted by atomic mass is 16.6. The molecule has 4 nitrogen and oxygen atoms in total. The van der Waals surface area contributed by atoms with Gasteiger partial charge in [0.05, 0.1) is 6.10 Å². The lowest BCUT2D eigenvalue weighted by molar-refractivity contribution is -0.169. The molecule has 2 aliphatic heterocycles. The van der Waals surface area contributed by atoms with Gasteiger partial charge in [0.15, 0.2) is 0 Å². The molecule has 3 aromatic rings. The Morgan fingerprint density at radius 1 is 1.11 bits per heavy atom. The highest BCUT2D eigenvalue weighted by molar-refractivity contribution is 6.05. The fraction of sp³-hybridized carbons (Fsp3) is 0.348. The van der Waals surface area contributed by atoms with Gasteiger partial charge in [0, 0.05) is 30.3 Å². The smallest absolute Gasteiger partial charge is 0.303 e. The Balaban J connectivity index is 1.70. The van der Waals surface area contributed by atoms with Crippen molar-refractivity contribution in [3.8, 4) is 0 Å². The van der Waals surface area contributed by atoms with E-state index in [1.165, 1.54) is 39.6 Å². The van der Waals surface area contributed by atoms with Gasteiger partial charge < -0.3 is 14.8 Å². The molecular weight excluding hydrogens is 338 g/mol. The zero-order chi connectivity index (χ0) is 18.7. The number of fused-ring (bicyclic) bond motifs is 7. The van der Waals surface area contributed by atoms with Crippen LogP contribution in [0.5, 0.6) is 0 Å². The molecule has 0 radical (unpaired) electrons. The summed E-state index contributed by atoms with van der Waals surface area (Å²) in [5.74, 6) is -0.104. The van der Waals surface area contributed by atoms with Crippen LogP contribution in [0, 0.1) is 6.92 Å². The van der Waals surface area contributed by atoms with Crippen molar-refractivity contribution in [2.45, 2.75) is 51.5 Å². The van der Waals surface area contributed by atoms with Gasteiger partial charge in [0.2, 0.25) is 0 Å². The summed E-state index contributed by atoms with van der Waals surface area (Å²) in [4.78, 5) is 11.6. The first kappa shape index (κ1) is 16.6. The number of benzene rings is 3. The van der Waals surface area contributed by atoms with Gasteiger partial charge in [0.1, 0.15) is 12.3 Å². The maximum absolute atomic E-state index is 11.6. The maximum Gasteiger partial charge on any atom is 0.303 e. The predicted octanol–water partition coefficient (Wildman–Crippen LogP) is 4.88. The lowest BCUT2D eigenvalue weighted by Crippen LogP contribution is -2.49. The summed E-state index contributed by atoms with van der Waals surface area (Å²) in [6.45, 7) is 5.57. The van der Waals surface area contributed by atoms with Gasteiger partial charge in [-0.3, -0.25) is 4.79 Å². The largest absolute Gasteiger partial charge is 0.459 e. The number of esters is 1. The van der Waals surface area contributed by atoms with E-state index in [1.54, 1.807) is 0 Å². The van der Waals surface area contributed by atoms with Crippen molar-refractivity contribution < 1.29 is 14.3 Å². The minimum atomic E-state index is -0.253. The number of rotatable bonds is 1. The minimum absolute atomic E-state index is 0.0527. The van der Waals surface area contributed by atoms with Gasteiger partial charge >= 0.3 is 5.97 Å². The number of aryl methyl sites for hydroxylation is 1. The van der Waals surface area contributed by atoms with Crippen molar-refractivity contribution >= 4 is 33.2 Å². The molecule has 0 saturated carbocycles. The lowest BCUT2D eigenvalue weighted by Gasteiger charge is -2.45. The number of hydrogen-bond donors (Lipinski definition) is 1. The molecule has 0 aromatic heterocycles. The highest BCUT2D eigenvalue weighted by Gasteiger charge is 2.43. The molecule has 1 saturated heterocycles. The topological polar surface area (TPSA) is 47.6 Å². The van der Waals surface area contributed by atoms with Crippen LogP contribution < -0.4 is 5.32 Å². The van der Waals surface area contributed by atoms with Gasteiger partial charge in [0.25, 0.3) is 0 Å². The van der Waals surface area contributed by atoms with Crippen LogP contribution in [0.25, 0.3) is 21.5 Å². The van der Waals surface area contributed by atoms with Crippen LogP contribution in [0.2, 0.25) is 0 Å². The van der Waals surface area contributed by atoms with Crippen molar-refractivity contribution in [1.82, 2.24) is 0 Å². The lowest BCUT2D eigenvalue weighted by atomic mass is 9.80. The minimum Gasteiger partial charge on any atom is -0.459 e. The van der Waals surface area contributed by atoms with Crippen LogP contribution in [-0.4, -0.2) is 24.4 Å². The standard InChI is InChI=1S/C23H23NO3/c1-12-4-5-15-9-16-6-7-18-20-11-21(26-13(2)23(20)27-14(3)25)24-22(18)19(16)10-17(15)8-12/h4-10,13,20-21,23-24H,11H2,1-3H3/t13-,20-,21+,23-/m0/s1. The van der Waals surface area contributed by atoms with Crippen LogP contribution in [0.3, 0.4) is 0 Å². The van der Waals surface area contributed by atoms with Gasteiger partial charge in [-0.15, -0.1) is 0 Å². The molecule has 2 heterocycles. The fourth-order valence-corrected chi connectivity index (χ4v) is 4.69. The summed E-state index contributed by atoms with van der Waals surface area (Å²) in [5, 5.41) is 8.47. The Morgan fingerprint density at radius 3 is 2.74 bits per heavy atom. The second kappa shape index (κ2) is 5.96. The second-order valence-corrected chi connectivity index (χ2v) is 7.84. The van der Waals surface area contributed by atoms with Gasteiger partial charge in [-0.25, -0.2) is 0 Å². The summed E-state index contributed by atoms with van der Waals surface area (Å²) >= 11 is 0. The molecule has 2 aliphatic rings. The van der Waals surface area contributed by atoms with Gasteiger partial charge in [-0.1, -0.05) is 35.9 Å². The molecule has 0 unspecified atom stereocenters. The van der Waals surface area contributed by atoms with E-state index < -0.39 is 0 Å². The molecule has 138 valence electrons. The SMILES string of the molecule is CC(=O)O[C@H]1[C@H](C)O[C@@H]2C[C@H]1c1ccc3cc4ccc(C)cc4cc3c1N2. The highest BCUT2D eigenvalue weighted by Crippen LogP contribution is 2.46. The molecule has 0 aliphatic carbocycles. The summed E-state index contributed by atoms with van der Waals surface area (Å²) in [6, 6.07) is 15.4. The third-order valence-corrected chi connectivity index (χ3v) is 5.88. The zero-order valence-corrected chi connectivity index (χ0v) is 15.8. The quantitative estimate of drug-likeness (QED) is 0.496. The molecule has 4 heteroatoms. The van der Waals surface area contributed by atoms with Crippen LogP contribution in [0.1, 0.15) is 37.3 Å². The monoisotopic (exact) mass is 361 g/mol. The Hall–Kier alpha value is -2.59. The van der Waals surface area contributed by atoms with Crippen molar-refractivity contribution in [2.75, 3.05) is 5.32 Å². The zero-order valence-electron chi connectivity index (χ0n) is 15.8. The van der Waals surface area contributed by atoms with E-state index in [9.17, 15) is 4.79 Å². The number of ether oxygens (including phenoxy) is 2. The number of carbonyl (C=O) groups is 1. The van der Waals surface area contributed by atoms with Crippen molar-refractivity contribution in [3.63, 3.8) is 0 Å². The molecule has 2 bridgehead atoms.